The van der Waals surface area contributed by atoms with E-state index in [1.54, 1.807) is 24.5 Å². The Hall–Kier alpha value is -4.95. The fourth-order valence-corrected chi connectivity index (χ4v) is 6.23. The first-order valence-electron chi connectivity index (χ1n) is 16.6. The van der Waals surface area contributed by atoms with Gasteiger partial charge < -0.3 is 35.1 Å². The Morgan fingerprint density at radius 2 is 1.82 bits per heavy atom. The van der Waals surface area contributed by atoms with Crippen molar-refractivity contribution in [2.24, 2.45) is 11.7 Å². The van der Waals surface area contributed by atoms with Crippen LogP contribution in [0.4, 0.5) is 5.82 Å². The van der Waals surface area contributed by atoms with Crippen LogP contribution in [-0.2, 0) is 27.3 Å². The minimum Gasteiger partial charge on any atom is -0.381 e. The average Bonchev–Trinajstić information content (AvgIpc) is 3.59. The molecule has 4 N–H and O–H groups in total. The number of hydrogen-bond donors (Lipinski definition) is 3. The van der Waals surface area contributed by atoms with Crippen molar-refractivity contribution < 1.29 is 19.0 Å². The number of anilines is 1. The molecule has 49 heavy (non-hydrogen) atoms. The third-order valence-electron chi connectivity index (χ3n) is 9.00. The molecule has 1 aromatic carbocycles. The number of allylic oxidation sites excluding steroid dienone is 2. The van der Waals surface area contributed by atoms with Crippen molar-refractivity contribution in [2.75, 3.05) is 38.4 Å². The number of benzene rings is 1. The van der Waals surface area contributed by atoms with Gasteiger partial charge >= 0.3 is 0 Å². The van der Waals surface area contributed by atoms with Crippen molar-refractivity contribution in [3.05, 3.63) is 106 Å². The molecule has 4 aromatic rings. The third kappa shape index (κ3) is 7.70. The fraction of sp³-hybridized carbons (Fsp3) is 0.361. The molecule has 6 heterocycles. The summed E-state index contributed by atoms with van der Waals surface area (Å²) in [5, 5.41) is 19.1. The topological polar surface area (TPSA) is 160 Å². The number of aromatic nitrogens is 5. The van der Waals surface area contributed by atoms with Gasteiger partial charge in [0.05, 0.1) is 38.3 Å². The molecule has 2 atom stereocenters. The van der Waals surface area contributed by atoms with E-state index in [2.05, 4.69) is 25.9 Å². The second-order valence-electron chi connectivity index (χ2n) is 12.7. The maximum Gasteiger partial charge on any atom is 0.262 e. The lowest BCUT2D eigenvalue weighted by molar-refractivity contribution is -0.0946. The predicted molar refractivity (Wildman–Crippen MR) is 184 cm³/mol. The number of amides is 1. The number of rotatable bonds is 9. The second kappa shape index (κ2) is 14.7. The van der Waals surface area contributed by atoms with E-state index in [0.29, 0.717) is 63.3 Å². The molecule has 7 rings (SSSR count). The first kappa shape index (κ1) is 32.6. The Bertz CT molecular complexity index is 1900. The van der Waals surface area contributed by atoms with Gasteiger partial charge in [-0.2, -0.15) is 5.10 Å². The Morgan fingerprint density at radius 1 is 0.980 bits per heavy atom. The number of dihydropyridines is 1. The van der Waals surface area contributed by atoms with Gasteiger partial charge in [0.15, 0.2) is 5.82 Å². The summed E-state index contributed by atoms with van der Waals surface area (Å²) in [5.74, 6) is 0.0577. The lowest BCUT2D eigenvalue weighted by Crippen LogP contribution is -2.37. The maximum absolute atomic E-state index is 13.7. The highest BCUT2D eigenvalue weighted by atomic mass is 16.6. The number of ether oxygens (including phenoxy) is 3. The van der Waals surface area contributed by atoms with Crippen LogP contribution in [0.15, 0.2) is 78.3 Å². The molecule has 0 saturated carbocycles. The van der Waals surface area contributed by atoms with Crippen molar-refractivity contribution >= 4 is 22.9 Å². The molecule has 2 saturated heterocycles. The smallest absolute Gasteiger partial charge is 0.262 e. The molecule has 3 aliphatic heterocycles. The Kier molecular flexibility index (Phi) is 9.75. The minimum atomic E-state index is -0.551. The van der Waals surface area contributed by atoms with E-state index in [-0.39, 0.29) is 22.9 Å². The maximum atomic E-state index is 13.7. The lowest BCUT2D eigenvalue weighted by atomic mass is 9.99. The van der Waals surface area contributed by atoms with Crippen molar-refractivity contribution in [3.8, 4) is 11.1 Å². The van der Waals surface area contributed by atoms with Crippen LogP contribution < -0.4 is 21.8 Å². The van der Waals surface area contributed by atoms with Crippen molar-refractivity contribution in [3.63, 3.8) is 0 Å². The van der Waals surface area contributed by atoms with Crippen molar-refractivity contribution in [2.45, 2.75) is 45.1 Å². The average molecular weight is 665 g/mol. The summed E-state index contributed by atoms with van der Waals surface area (Å²) in [6.07, 6.45) is 12.3. The molecule has 1 unspecified atom stereocenters. The Morgan fingerprint density at radius 3 is 2.57 bits per heavy atom. The summed E-state index contributed by atoms with van der Waals surface area (Å²) in [5.41, 5.74) is 11.4. The minimum absolute atomic E-state index is 0.0372. The van der Waals surface area contributed by atoms with Gasteiger partial charge in [0, 0.05) is 66.8 Å². The monoisotopic (exact) mass is 664 g/mol. The molecular weight excluding hydrogens is 624 g/mol. The highest BCUT2D eigenvalue weighted by molar-refractivity contribution is 6.04. The molecule has 0 spiro atoms. The molecule has 3 aliphatic rings. The summed E-state index contributed by atoms with van der Waals surface area (Å²) >= 11 is 0. The van der Waals surface area contributed by atoms with Crippen LogP contribution in [-0.4, -0.2) is 75.8 Å². The molecule has 13 heteroatoms. The van der Waals surface area contributed by atoms with Crippen LogP contribution in [0.3, 0.4) is 0 Å². The van der Waals surface area contributed by atoms with Crippen LogP contribution in [0.25, 0.3) is 22.3 Å². The van der Waals surface area contributed by atoms with E-state index < -0.39 is 12.1 Å². The summed E-state index contributed by atoms with van der Waals surface area (Å²) in [6, 6.07) is 11.1. The standard InChI is InChI=1S/C36H40N8O5/c1-23-2-4-25(5-3-23)30-20-43(17-24-8-10-47-11-9-24)21-31(34(30)45)36(46)40-33-7-6-32(41-42-33)29-14-26(15-38-35(29)37)27-16-39-44(18-27)19-28-22-48-12-13-49-28/h2-7,14-16,18,20-21,24,28,35,38H,8-13,17,19,22,37H2,1H3,(H,40,42,46)/t28-,35?/m0/s1. The SMILES string of the molecule is Cc1ccc(-c2cn(CC3CCOCC3)cc(C(=O)Nc3ccc(C4=CC(c5cnn(C[C@H]6COCCO6)c5)=CNC4N)nn3)c2=O)cc1. The molecule has 1 amide bonds. The van der Waals surface area contributed by atoms with Gasteiger partial charge in [-0.15, -0.1) is 10.2 Å². The van der Waals surface area contributed by atoms with E-state index in [4.69, 9.17) is 19.9 Å². The van der Waals surface area contributed by atoms with Gasteiger partial charge in [0.2, 0.25) is 5.43 Å². The van der Waals surface area contributed by atoms with E-state index >= 15 is 0 Å². The first-order valence-corrected chi connectivity index (χ1v) is 16.6. The predicted octanol–water partition coefficient (Wildman–Crippen LogP) is 3.22. The van der Waals surface area contributed by atoms with Crippen LogP contribution in [0.2, 0.25) is 0 Å². The van der Waals surface area contributed by atoms with E-state index in [1.807, 2.05) is 65.1 Å². The summed E-state index contributed by atoms with van der Waals surface area (Å²) < 4.78 is 20.6. The van der Waals surface area contributed by atoms with Crippen LogP contribution >= 0.6 is 0 Å². The highest BCUT2D eigenvalue weighted by Crippen LogP contribution is 2.26. The molecule has 2 fully saturated rings. The molecule has 0 radical (unpaired) electrons. The van der Waals surface area contributed by atoms with Crippen LogP contribution in [0, 0.1) is 12.8 Å². The van der Waals surface area contributed by atoms with Crippen LogP contribution in [0.5, 0.6) is 0 Å². The molecule has 254 valence electrons. The Labute approximate surface area is 283 Å². The zero-order valence-corrected chi connectivity index (χ0v) is 27.4. The van der Waals surface area contributed by atoms with Gasteiger partial charge in [-0.1, -0.05) is 29.8 Å². The molecular formula is C36H40N8O5. The number of carbonyl (C=O) groups is 1. The largest absolute Gasteiger partial charge is 0.381 e. The highest BCUT2D eigenvalue weighted by Gasteiger charge is 2.22. The van der Waals surface area contributed by atoms with Crippen molar-refractivity contribution in [1.82, 2.24) is 29.9 Å². The van der Waals surface area contributed by atoms with E-state index in [0.717, 1.165) is 40.7 Å². The zero-order chi connectivity index (χ0) is 33.7. The normalized spacial score (nSPS) is 19.9. The van der Waals surface area contributed by atoms with Gasteiger partial charge in [-0.3, -0.25) is 14.3 Å². The van der Waals surface area contributed by atoms with E-state index in [1.165, 1.54) is 0 Å². The second-order valence-corrected chi connectivity index (χ2v) is 12.7. The van der Waals surface area contributed by atoms with Gasteiger partial charge in [-0.05, 0) is 49.5 Å². The fourth-order valence-electron chi connectivity index (χ4n) is 6.23. The quantitative estimate of drug-likeness (QED) is 0.242. The Balaban J connectivity index is 1.08. The van der Waals surface area contributed by atoms with Gasteiger partial charge in [0.1, 0.15) is 17.8 Å². The molecule has 3 aromatic heterocycles. The first-order chi connectivity index (χ1) is 23.9. The molecule has 0 bridgehead atoms. The number of pyridine rings is 1. The summed E-state index contributed by atoms with van der Waals surface area (Å²) in [7, 11) is 0. The number of nitrogens with two attached hydrogens (primary N) is 1. The summed E-state index contributed by atoms with van der Waals surface area (Å²) in [6.45, 7) is 6.44. The third-order valence-corrected chi connectivity index (χ3v) is 9.00. The van der Waals surface area contributed by atoms with Gasteiger partial charge in [0.25, 0.3) is 5.91 Å². The number of nitrogens with zero attached hydrogens (tertiary/aromatic N) is 5. The lowest BCUT2D eigenvalue weighted by Gasteiger charge is -2.23. The van der Waals surface area contributed by atoms with E-state index in [9.17, 15) is 9.59 Å². The number of aryl methyl sites for hydroxylation is 1. The zero-order valence-electron chi connectivity index (χ0n) is 27.4. The molecule has 13 nitrogen and oxygen atoms in total. The number of nitrogens with one attached hydrogen (secondary N) is 2. The van der Waals surface area contributed by atoms with Gasteiger partial charge in [-0.25, -0.2) is 0 Å². The van der Waals surface area contributed by atoms with Crippen molar-refractivity contribution in [1.29, 1.82) is 0 Å². The summed E-state index contributed by atoms with van der Waals surface area (Å²) in [4.78, 5) is 27.3. The molecule has 0 aliphatic carbocycles. The van der Waals surface area contributed by atoms with Crippen LogP contribution in [0.1, 0.15) is 40.0 Å². The number of hydrogen-bond acceptors (Lipinski definition) is 10. The number of carbonyl (C=O) groups excluding carboxylic acids is 1.